The molecule has 0 bridgehead atoms. The van der Waals surface area contributed by atoms with Crippen molar-refractivity contribution in [2.24, 2.45) is 5.92 Å². The van der Waals surface area contributed by atoms with E-state index < -0.39 is 0 Å². The maximum atomic E-state index is 3.47. The van der Waals surface area contributed by atoms with E-state index in [2.05, 4.69) is 42.4 Å². The Morgan fingerprint density at radius 2 is 1.95 bits per heavy atom. The third-order valence-electron chi connectivity index (χ3n) is 5.03. The van der Waals surface area contributed by atoms with Gasteiger partial charge in [-0.2, -0.15) is 0 Å². The summed E-state index contributed by atoms with van der Waals surface area (Å²) in [6, 6.07) is 7.57. The van der Waals surface area contributed by atoms with Crippen molar-refractivity contribution in [1.82, 2.24) is 5.32 Å². The minimum atomic E-state index is 0.748. The first kappa shape index (κ1) is 13.0. The van der Waals surface area contributed by atoms with Crippen LogP contribution in [0, 0.1) is 5.92 Å². The summed E-state index contributed by atoms with van der Waals surface area (Å²) in [7, 11) is 2.30. The lowest BCUT2D eigenvalue weighted by Gasteiger charge is -2.37. The smallest absolute Gasteiger partial charge is 0.0402 e. The second-order valence-electron chi connectivity index (χ2n) is 6.37. The predicted molar refractivity (Wildman–Crippen MR) is 81.7 cm³/mol. The summed E-state index contributed by atoms with van der Waals surface area (Å²) in [4.78, 5) is 2.57. The van der Waals surface area contributed by atoms with Crippen LogP contribution in [0.2, 0.25) is 0 Å². The number of nitrogens with one attached hydrogen (secondary N) is 1. The number of fused-ring (bicyclic) bond motifs is 1. The number of anilines is 1. The monoisotopic (exact) mass is 258 g/mol. The molecule has 104 valence electrons. The molecule has 1 aliphatic carbocycles. The Balaban J connectivity index is 1.81. The lowest BCUT2D eigenvalue weighted by molar-refractivity contribution is 0.340. The molecule has 2 nitrogen and oxygen atoms in total. The molecule has 1 aliphatic heterocycles. The van der Waals surface area contributed by atoms with Crippen molar-refractivity contribution in [2.45, 2.75) is 51.6 Å². The van der Waals surface area contributed by atoms with Gasteiger partial charge in [-0.15, -0.1) is 0 Å². The van der Waals surface area contributed by atoms with Gasteiger partial charge in [0.25, 0.3) is 0 Å². The summed E-state index contributed by atoms with van der Waals surface area (Å²) < 4.78 is 0. The number of hydrogen-bond acceptors (Lipinski definition) is 2. The highest BCUT2D eigenvalue weighted by molar-refractivity contribution is 5.58. The van der Waals surface area contributed by atoms with Gasteiger partial charge < -0.3 is 10.2 Å². The molecule has 0 atom stereocenters. The predicted octanol–water partition coefficient (Wildman–Crippen LogP) is 3.35. The zero-order valence-electron chi connectivity index (χ0n) is 12.3. The molecular weight excluding hydrogens is 232 g/mol. The highest BCUT2D eigenvalue weighted by Gasteiger charge is 2.24. The van der Waals surface area contributed by atoms with Gasteiger partial charge in [0.2, 0.25) is 0 Å². The third kappa shape index (κ3) is 2.64. The molecule has 1 N–H and O–H groups in total. The van der Waals surface area contributed by atoms with Gasteiger partial charge in [-0.3, -0.25) is 0 Å². The standard InChI is InChI=1S/C17H26N2/c1-13-6-8-15(9-7-13)19(2)17-5-3-4-14-12-18-11-10-16(14)17/h3-5,13,15,18H,6-12H2,1-2H3. The summed E-state index contributed by atoms with van der Waals surface area (Å²) in [6.45, 7) is 4.56. The summed E-state index contributed by atoms with van der Waals surface area (Å²) in [6.07, 6.45) is 6.69. The van der Waals surface area contributed by atoms with Gasteiger partial charge in [-0.05, 0) is 61.8 Å². The second-order valence-corrected chi connectivity index (χ2v) is 6.37. The minimum absolute atomic E-state index is 0.748. The fourth-order valence-electron chi connectivity index (χ4n) is 3.67. The van der Waals surface area contributed by atoms with Crippen molar-refractivity contribution < 1.29 is 0 Å². The first-order chi connectivity index (χ1) is 9.25. The van der Waals surface area contributed by atoms with Crippen molar-refractivity contribution in [3.05, 3.63) is 29.3 Å². The lowest BCUT2D eigenvalue weighted by atomic mass is 9.86. The van der Waals surface area contributed by atoms with Gasteiger partial charge in [0.15, 0.2) is 0 Å². The van der Waals surface area contributed by atoms with E-state index in [4.69, 9.17) is 0 Å². The van der Waals surface area contributed by atoms with Gasteiger partial charge in [0, 0.05) is 25.3 Å². The first-order valence-corrected chi connectivity index (χ1v) is 7.80. The summed E-state index contributed by atoms with van der Waals surface area (Å²) in [5.74, 6) is 0.929. The van der Waals surface area contributed by atoms with Crippen molar-refractivity contribution in [3.63, 3.8) is 0 Å². The molecule has 1 heterocycles. The van der Waals surface area contributed by atoms with E-state index in [1.165, 1.54) is 43.4 Å². The Morgan fingerprint density at radius 3 is 2.74 bits per heavy atom. The highest BCUT2D eigenvalue weighted by Crippen LogP contribution is 2.32. The molecule has 19 heavy (non-hydrogen) atoms. The fraction of sp³-hybridized carbons (Fsp3) is 0.647. The Hall–Kier alpha value is -1.02. The SMILES string of the molecule is CC1CCC(N(C)c2cccc3c2CCNC3)CC1. The van der Waals surface area contributed by atoms with Crippen LogP contribution in [-0.2, 0) is 13.0 Å². The number of nitrogens with zero attached hydrogens (tertiary/aromatic N) is 1. The number of hydrogen-bond donors (Lipinski definition) is 1. The van der Waals surface area contributed by atoms with Crippen LogP contribution in [0.25, 0.3) is 0 Å². The Morgan fingerprint density at radius 1 is 1.16 bits per heavy atom. The Bertz CT molecular complexity index is 433. The maximum Gasteiger partial charge on any atom is 0.0402 e. The second kappa shape index (κ2) is 5.54. The van der Waals surface area contributed by atoms with Crippen LogP contribution in [0.5, 0.6) is 0 Å². The lowest BCUT2D eigenvalue weighted by Crippen LogP contribution is -2.36. The quantitative estimate of drug-likeness (QED) is 0.875. The van der Waals surface area contributed by atoms with E-state index in [0.29, 0.717) is 0 Å². The van der Waals surface area contributed by atoms with Crippen LogP contribution in [0.4, 0.5) is 5.69 Å². The fourth-order valence-corrected chi connectivity index (χ4v) is 3.67. The zero-order chi connectivity index (χ0) is 13.2. The van der Waals surface area contributed by atoms with Crippen LogP contribution >= 0.6 is 0 Å². The molecule has 0 unspecified atom stereocenters. The van der Waals surface area contributed by atoms with Gasteiger partial charge in [-0.25, -0.2) is 0 Å². The molecule has 3 rings (SSSR count). The van der Waals surface area contributed by atoms with Crippen molar-refractivity contribution >= 4 is 5.69 Å². The van der Waals surface area contributed by atoms with Gasteiger partial charge >= 0.3 is 0 Å². The maximum absolute atomic E-state index is 3.47. The summed E-state index contributed by atoms with van der Waals surface area (Å²) >= 11 is 0. The molecule has 2 heteroatoms. The average Bonchev–Trinajstić information content (AvgIpc) is 2.47. The molecule has 1 saturated carbocycles. The molecular formula is C17H26N2. The van der Waals surface area contributed by atoms with Crippen LogP contribution < -0.4 is 10.2 Å². The largest absolute Gasteiger partial charge is 0.371 e. The zero-order valence-corrected chi connectivity index (χ0v) is 12.3. The Labute approximate surface area is 117 Å². The minimum Gasteiger partial charge on any atom is -0.371 e. The topological polar surface area (TPSA) is 15.3 Å². The van der Waals surface area contributed by atoms with Crippen molar-refractivity contribution in [2.75, 3.05) is 18.5 Å². The van der Waals surface area contributed by atoms with E-state index in [-0.39, 0.29) is 0 Å². The normalized spacial score (nSPS) is 26.8. The van der Waals surface area contributed by atoms with E-state index >= 15 is 0 Å². The molecule has 0 aromatic heterocycles. The van der Waals surface area contributed by atoms with Crippen LogP contribution in [-0.4, -0.2) is 19.6 Å². The molecule has 0 radical (unpaired) electrons. The van der Waals surface area contributed by atoms with Crippen molar-refractivity contribution in [3.8, 4) is 0 Å². The van der Waals surface area contributed by atoms with Crippen molar-refractivity contribution in [1.29, 1.82) is 0 Å². The summed E-state index contributed by atoms with van der Waals surface area (Å²) in [5, 5.41) is 3.47. The molecule has 1 fully saturated rings. The van der Waals surface area contributed by atoms with Gasteiger partial charge in [-0.1, -0.05) is 19.1 Å². The molecule has 1 aromatic carbocycles. The van der Waals surface area contributed by atoms with Crippen LogP contribution in [0.1, 0.15) is 43.7 Å². The van der Waals surface area contributed by atoms with Crippen LogP contribution in [0.15, 0.2) is 18.2 Å². The average molecular weight is 258 g/mol. The van der Waals surface area contributed by atoms with E-state index in [9.17, 15) is 0 Å². The molecule has 2 aliphatic rings. The molecule has 0 saturated heterocycles. The van der Waals surface area contributed by atoms with Crippen LogP contribution in [0.3, 0.4) is 0 Å². The highest BCUT2D eigenvalue weighted by atomic mass is 15.1. The first-order valence-electron chi connectivity index (χ1n) is 7.80. The van der Waals surface area contributed by atoms with E-state index in [1.54, 1.807) is 5.56 Å². The Kier molecular flexibility index (Phi) is 3.79. The molecule has 1 aromatic rings. The summed E-state index contributed by atoms with van der Waals surface area (Å²) in [5.41, 5.74) is 4.57. The van der Waals surface area contributed by atoms with E-state index in [0.717, 1.165) is 25.0 Å². The van der Waals surface area contributed by atoms with Gasteiger partial charge in [0.05, 0.1) is 0 Å². The number of benzene rings is 1. The van der Waals surface area contributed by atoms with E-state index in [1.807, 2.05) is 0 Å². The molecule has 0 amide bonds. The van der Waals surface area contributed by atoms with Gasteiger partial charge in [0.1, 0.15) is 0 Å². The molecule has 0 spiro atoms. The number of rotatable bonds is 2. The third-order valence-corrected chi connectivity index (χ3v) is 5.03.